The first-order valence-electron chi connectivity index (χ1n) is 12.2. The molecule has 0 aliphatic carbocycles. The number of aromatic nitrogens is 2. The molecule has 0 saturated carbocycles. The van der Waals surface area contributed by atoms with Gasteiger partial charge in [-0.05, 0) is 51.6 Å². The molecule has 1 N–H and O–H groups in total. The second kappa shape index (κ2) is 11.9. The number of likely N-dealkylation sites (tertiary alicyclic amines) is 1. The SMILES string of the molecule is CN(C)C/C=C/C(=O)N1CCCC[C@@H](n2c(NC(=O)c3cc([N+](=O)[O-])ccc3Cl)nc3cccc(Cl)c32)C1. The minimum Gasteiger partial charge on any atom is -0.337 e. The van der Waals surface area contributed by atoms with Crippen molar-refractivity contribution in [3.63, 3.8) is 0 Å². The van der Waals surface area contributed by atoms with Crippen LogP contribution in [0.1, 0.15) is 35.7 Å². The molecule has 1 aromatic heterocycles. The molecule has 4 rings (SSSR count). The largest absolute Gasteiger partial charge is 0.337 e. The van der Waals surface area contributed by atoms with Crippen LogP contribution < -0.4 is 5.32 Å². The molecule has 1 aliphatic rings. The van der Waals surface area contributed by atoms with Crippen LogP contribution in [0.3, 0.4) is 0 Å². The number of rotatable bonds is 7. The molecule has 2 heterocycles. The molecular weight excluding hydrogens is 531 g/mol. The predicted molar refractivity (Wildman–Crippen MR) is 148 cm³/mol. The Bertz CT molecular complexity index is 1400. The lowest BCUT2D eigenvalue weighted by molar-refractivity contribution is -0.384. The molecule has 1 atom stereocenters. The van der Waals surface area contributed by atoms with Crippen LogP contribution in [0, 0.1) is 10.1 Å². The molecule has 1 saturated heterocycles. The fourth-order valence-corrected chi connectivity index (χ4v) is 4.98. The van der Waals surface area contributed by atoms with E-state index >= 15 is 0 Å². The minimum absolute atomic E-state index is 0.0470. The van der Waals surface area contributed by atoms with Crippen molar-refractivity contribution >= 4 is 57.7 Å². The van der Waals surface area contributed by atoms with E-state index in [4.69, 9.17) is 23.2 Å². The maximum absolute atomic E-state index is 13.2. The number of halogens is 2. The molecule has 0 unspecified atom stereocenters. The average Bonchev–Trinajstić information content (AvgIpc) is 3.05. The number of fused-ring (bicyclic) bond motifs is 1. The van der Waals surface area contributed by atoms with Crippen molar-refractivity contribution in [3.8, 4) is 0 Å². The molecule has 10 nitrogen and oxygen atoms in total. The molecule has 12 heteroatoms. The van der Waals surface area contributed by atoms with Crippen LogP contribution >= 0.6 is 23.2 Å². The Kier molecular flexibility index (Phi) is 8.65. The Balaban J connectivity index is 1.70. The highest BCUT2D eigenvalue weighted by Crippen LogP contribution is 2.34. The standard InChI is InChI=1S/C26H28Cl2N6O4/c1-31(2)13-6-10-23(35)32-14-4-3-7-18(16-32)33-24-21(28)8-5-9-22(24)29-26(33)30-25(36)19-15-17(34(37)38)11-12-20(19)27/h5-6,8-12,15,18H,3-4,7,13-14,16H2,1-2H3,(H,29,30,36)/b10-6+/t18-/m1/s1. The van der Waals surface area contributed by atoms with Crippen LogP contribution in [0.25, 0.3) is 11.0 Å². The van der Waals surface area contributed by atoms with E-state index in [9.17, 15) is 19.7 Å². The van der Waals surface area contributed by atoms with Gasteiger partial charge in [0.05, 0.1) is 37.6 Å². The Morgan fingerprint density at radius 1 is 1.21 bits per heavy atom. The first-order chi connectivity index (χ1) is 18.2. The number of carbonyl (C=O) groups is 2. The normalized spacial score (nSPS) is 16.2. The maximum Gasteiger partial charge on any atom is 0.270 e. The summed E-state index contributed by atoms with van der Waals surface area (Å²) < 4.78 is 1.86. The number of nitrogens with one attached hydrogen (secondary N) is 1. The van der Waals surface area contributed by atoms with E-state index in [-0.39, 0.29) is 34.2 Å². The fourth-order valence-electron chi connectivity index (χ4n) is 4.52. The zero-order valence-electron chi connectivity index (χ0n) is 21.1. The third-order valence-electron chi connectivity index (χ3n) is 6.35. The number of carbonyl (C=O) groups excluding carboxylic acids is 2. The second-order valence-electron chi connectivity index (χ2n) is 9.39. The van der Waals surface area contributed by atoms with Gasteiger partial charge in [0, 0.05) is 37.8 Å². The van der Waals surface area contributed by atoms with Crippen molar-refractivity contribution in [2.45, 2.75) is 25.3 Å². The van der Waals surface area contributed by atoms with Crippen LogP contribution in [0.5, 0.6) is 0 Å². The van der Waals surface area contributed by atoms with Crippen molar-refractivity contribution in [3.05, 3.63) is 74.3 Å². The fraction of sp³-hybridized carbons (Fsp3) is 0.346. The molecule has 200 valence electrons. The molecule has 1 aliphatic heterocycles. The van der Waals surface area contributed by atoms with Crippen LogP contribution in [-0.2, 0) is 4.79 Å². The summed E-state index contributed by atoms with van der Waals surface area (Å²) in [6.07, 6.45) is 5.87. The summed E-state index contributed by atoms with van der Waals surface area (Å²) in [7, 11) is 3.86. The average molecular weight is 559 g/mol. The number of nitro benzene ring substituents is 1. The van der Waals surface area contributed by atoms with Gasteiger partial charge in [-0.2, -0.15) is 0 Å². The number of likely N-dealkylation sites (N-methyl/N-ethyl adjacent to an activating group) is 1. The topological polar surface area (TPSA) is 114 Å². The molecule has 3 aromatic rings. The highest BCUT2D eigenvalue weighted by Gasteiger charge is 2.28. The second-order valence-corrected chi connectivity index (χ2v) is 10.2. The van der Waals surface area contributed by atoms with E-state index < -0.39 is 10.8 Å². The molecule has 0 bridgehead atoms. The highest BCUT2D eigenvalue weighted by atomic mass is 35.5. The first-order valence-corrected chi connectivity index (χ1v) is 12.9. The van der Waals surface area contributed by atoms with E-state index in [1.165, 1.54) is 12.1 Å². The van der Waals surface area contributed by atoms with Crippen molar-refractivity contribution in [1.29, 1.82) is 0 Å². The summed E-state index contributed by atoms with van der Waals surface area (Å²) in [5.41, 5.74) is 0.911. The van der Waals surface area contributed by atoms with Gasteiger partial charge in [-0.25, -0.2) is 4.98 Å². The zero-order valence-corrected chi connectivity index (χ0v) is 22.6. The van der Waals surface area contributed by atoms with Crippen LogP contribution in [-0.4, -0.2) is 69.8 Å². The Hall–Kier alpha value is -3.47. The number of imidazole rings is 1. The Labute approximate surface area is 230 Å². The number of benzene rings is 2. The highest BCUT2D eigenvalue weighted by molar-refractivity contribution is 6.35. The Morgan fingerprint density at radius 3 is 2.74 bits per heavy atom. The van der Waals surface area contributed by atoms with Gasteiger partial charge in [0.25, 0.3) is 11.6 Å². The first kappa shape index (κ1) is 27.6. The number of hydrogen-bond acceptors (Lipinski definition) is 6. The molecule has 0 radical (unpaired) electrons. The van der Waals surface area contributed by atoms with Crippen molar-refractivity contribution in [2.24, 2.45) is 0 Å². The van der Waals surface area contributed by atoms with Gasteiger partial charge in [-0.1, -0.05) is 35.3 Å². The van der Waals surface area contributed by atoms with E-state index in [1.807, 2.05) is 29.6 Å². The Morgan fingerprint density at radius 2 is 2.00 bits per heavy atom. The van der Waals surface area contributed by atoms with Crippen molar-refractivity contribution in [2.75, 3.05) is 39.0 Å². The number of nitro groups is 1. The van der Waals surface area contributed by atoms with Crippen molar-refractivity contribution in [1.82, 2.24) is 19.4 Å². The number of para-hydroxylation sites is 1. The molecular formula is C26H28Cl2N6O4. The number of hydrogen-bond donors (Lipinski definition) is 1. The summed E-state index contributed by atoms with van der Waals surface area (Å²) in [5, 5.41) is 14.6. The van der Waals surface area contributed by atoms with Gasteiger partial charge in [0.15, 0.2) is 0 Å². The molecule has 2 aromatic carbocycles. The number of nitrogens with zero attached hydrogens (tertiary/aromatic N) is 5. The van der Waals surface area contributed by atoms with Crippen LogP contribution in [0.2, 0.25) is 10.0 Å². The number of non-ortho nitro benzene ring substituents is 1. The van der Waals surface area contributed by atoms with Crippen LogP contribution in [0.15, 0.2) is 48.6 Å². The lowest BCUT2D eigenvalue weighted by atomic mass is 10.1. The summed E-state index contributed by atoms with van der Waals surface area (Å²) in [6, 6.07) is 8.76. The van der Waals surface area contributed by atoms with E-state index in [1.54, 1.807) is 29.2 Å². The zero-order chi connectivity index (χ0) is 27.4. The summed E-state index contributed by atoms with van der Waals surface area (Å²) in [6.45, 7) is 1.68. The third-order valence-corrected chi connectivity index (χ3v) is 6.98. The predicted octanol–water partition coefficient (Wildman–Crippen LogP) is 5.18. The monoisotopic (exact) mass is 558 g/mol. The van der Waals surface area contributed by atoms with Gasteiger partial charge in [-0.3, -0.25) is 25.0 Å². The number of amides is 2. The lowest BCUT2D eigenvalue weighted by Crippen LogP contribution is -2.34. The lowest BCUT2D eigenvalue weighted by Gasteiger charge is -2.26. The summed E-state index contributed by atoms with van der Waals surface area (Å²) >= 11 is 12.8. The van der Waals surface area contributed by atoms with Gasteiger partial charge >= 0.3 is 0 Å². The maximum atomic E-state index is 13.2. The van der Waals surface area contributed by atoms with Crippen molar-refractivity contribution < 1.29 is 14.5 Å². The van der Waals surface area contributed by atoms with Gasteiger partial charge in [0.2, 0.25) is 11.9 Å². The number of anilines is 1. The van der Waals surface area contributed by atoms with E-state index in [2.05, 4.69) is 10.3 Å². The molecule has 2 amide bonds. The molecule has 1 fully saturated rings. The van der Waals surface area contributed by atoms with E-state index in [0.717, 1.165) is 25.3 Å². The summed E-state index contributed by atoms with van der Waals surface area (Å²) in [5.74, 6) is -0.495. The van der Waals surface area contributed by atoms with Gasteiger partial charge in [-0.15, -0.1) is 0 Å². The molecule has 38 heavy (non-hydrogen) atoms. The third kappa shape index (κ3) is 6.15. The van der Waals surface area contributed by atoms with Gasteiger partial charge in [0.1, 0.15) is 0 Å². The smallest absolute Gasteiger partial charge is 0.270 e. The summed E-state index contributed by atoms with van der Waals surface area (Å²) in [4.78, 5) is 45.3. The minimum atomic E-state index is -0.639. The van der Waals surface area contributed by atoms with E-state index in [0.29, 0.717) is 35.7 Å². The van der Waals surface area contributed by atoms with Crippen LogP contribution in [0.4, 0.5) is 11.6 Å². The van der Waals surface area contributed by atoms with Gasteiger partial charge < -0.3 is 14.4 Å². The molecule has 0 spiro atoms. The quantitative estimate of drug-likeness (QED) is 0.243.